The zero-order valence-electron chi connectivity index (χ0n) is 10.5. The molecule has 0 aromatic carbocycles. The molecule has 0 aromatic heterocycles. The highest BCUT2D eigenvalue weighted by Gasteiger charge is 2.22. The van der Waals surface area contributed by atoms with E-state index in [1.54, 1.807) is 6.92 Å². The van der Waals surface area contributed by atoms with Gasteiger partial charge in [-0.2, -0.15) is 0 Å². The quantitative estimate of drug-likeness (QED) is 0.449. The maximum Gasteiger partial charge on any atom is 0.326 e. The molecule has 0 heterocycles. The van der Waals surface area contributed by atoms with Crippen LogP contribution in [0.3, 0.4) is 0 Å². The van der Waals surface area contributed by atoms with E-state index in [-0.39, 0.29) is 32.0 Å². The fourth-order valence-corrected chi connectivity index (χ4v) is 1.21. The first-order valence-electron chi connectivity index (χ1n) is 5.55. The molecule has 3 amide bonds. The molecule has 1 atom stereocenters. The van der Waals surface area contributed by atoms with Crippen LogP contribution in [0.25, 0.3) is 0 Å². The zero-order chi connectivity index (χ0) is 14.1. The van der Waals surface area contributed by atoms with Crippen molar-refractivity contribution >= 4 is 17.9 Å². The summed E-state index contributed by atoms with van der Waals surface area (Å²) in [4.78, 5) is 34.8. The van der Waals surface area contributed by atoms with Gasteiger partial charge >= 0.3 is 12.0 Å². The van der Waals surface area contributed by atoms with Crippen LogP contribution in [0.1, 0.15) is 13.3 Å². The first kappa shape index (κ1) is 16.2. The van der Waals surface area contributed by atoms with Gasteiger partial charge in [0, 0.05) is 26.6 Å². The van der Waals surface area contributed by atoms with E-state index in [1.165, 1.54) is 11.9 Å². The van der Waals surface area contributed by atoms with Gasteiger partial charge in [-0.1, -0.05) is 0 Å². The lowest BCUT2D eigenvalue weighted by Gasteiger charge is -2.22. The smallest absolute Gasteiger partial charge is 0.326 e. The Morgan fingerprint density at radius 3 is 2.33 bits per heavy atom. The highest BCUT2D eigenvalue weighted by molar-refractivity contribution is 5.86. The van der Waals surface area contributed by atoms with Gasteiger partial charge < -0.3 is 25.7 Å². The van der Waals surface area contributed by atoms with Crippen LogP contribution in [0.15, 0.2) is 0 Å². The van der Waals surface area contributed by atoms with Crippen molar-refractivity contribution in [2.45, 2.75) is 19.4 Å². The normalized spacial score (nSPS) is 11.5. The number of nitrogens with zero attached hydrogens (tertiary/aromatic N) is 1. The number of likely N-dealkylation sites (N-methyl/N-ethyl adjacent to an activating group) is 2. The minimum Gasteiger partial charge on any atom is -0.480 e. The topological polar surface area (TPSA) is 119 Å². The second-order valence-corrected chi connectivity index (χ2v) is 3.54. The van der Waals surface area contributed by atoms with Gasteiger partial charge in [0.05, 0.1) is 0 Å². The number of aliphatic carboxylic acids is 1. The van der Waals surface area contributed by atoms with Crippen molar-refractivity contribution in [2.24, 2.45) is 0 Å². The average molecular weight is 261 g/mol. The summed E-state index contributed by atoms with van der Waals surface area (Å²) in [5.41, 5.74) is 0. The Morgan fingerprint density at radius 1 is 1.33 bits per heavy atom. The Kier molecular flexibility index (Phi) is 7.45. The lowest BCUT2D eigenvalue weighted by Crippen LogP contribution is -2.50. The summed E-state index contributed by atoms with van der Waals surface area (Å²) < 4.78 is 0. The number of carbonyl (C=O) groups excluding carboxylic acids is 2. The number of rotatable bonds is 7. The van der Waals surface area contributed by atoms with Crippen molar-refractivity contribution in [1.82, 2.24) is 15.5 Å². The average Bonchev–Trinajstić information content (AvgIpc) is 2.34. The Labute approximate surface area is 105 Å². The summed E-state index contributed by atoms with van der Waals surface area (Å²) in [5.74, 6) is -1.57. The third kappa shape index (κ3) is 5.48. The largest absolute Gasteiger partial charge is 0.480 e. The maximum atomic E-state index is 11.7. The van der Waals surface area contributed by atoms with Crippen molar-refractivity contribution in [1.29, 1.82) is 0 Å². The molecular weight excluding hydrogens is 242 g/mol. The minimum absolute atomic E-state index is 0.0847. The molecule has 0 aliphatic rings. The van der Waals surface area contributed by atoms with Gasteiger partial charge in [-0.05, 0) is 6.92 Å². The third-order valence-electron chi connectivity index (χ3n) is 2.30. The summed E-state index contributed by atoms with van der Waals surface area (Å²) in [5, 5.41) is 22.1. The van der Waals surface area contributed by atoms with E-state index < -0.39 is 18.0 Å². The van der Waals surface area contributed by atoms with Crippen LogP contribution in [-0.2, 0) is 9.59 Å². The molecule has 0 bridgehead atoms. The van der Waals surface area contributed by atoms with Gasteiger partial charge in [-0.15, -0.1) is 0 Å². The fourth-order valence-electron chi connectivity index (χ4n) is 1.21. The molecule has 0 rings (SSSR count). The van der Waals surface area contributed by atoms with Crippen LogP contribution in [0.2, 0.25) is 0 Å². The summed E-state index contributed by atoms with van der Waals surface area (Å²) >= 11 is 0. The molecule has 0 saturated heterocycles. The number of carboxylic acids is 1. The SMILES string of the molecule is CCN(CC(=O)NC)C(=O)N[C@H](CCO)C(=O)O. The summed E-state index contributed by atoms with van der Waals surface area (Å²) in [6, 6.07) is -1.82. The van der Waals surface area contributed by atoms with Crippen LogP contribution in [0, 0.1) is 0 Å². The first-order chi connectivity index (χ1) is 8.46. The standard InChI is InChI=1S/C10H19N3O5/c1-3-13(6-8(15)11-2)10(18)12-7(4-5-14)9(16)17/h7,14H,3-6H2,1-2H3,(H,11,15)(H,12,18)(H,16,17)/t7-/m1/s1. The predicted octanol–water partition coefficient (Wildman–Crippen LogP) is -1.40. The van der Waals surface area contributed by atoms with E-state index in [4.69, 9.17) is 10.2 Å². The molecule has 0 saturated carbocycles. The van der Waals surface area contributed by atoms with Crippen molar-refractivity contribution in [3.63, 3.8) is 0 Å². The number of hydrogen-bond acceptors (Lipinski definition) is 4. The second-order valence-electron chi connectivity index (χ2n) is 3.54. The second kappa shape index (κ2) is 8.29. The van der Waals surface area contributed by atoms with Gasteiger partial charge in [-0.3, -0.25) is 4.79 Å². The summed E-state index contributed by atoms with van der Waals surface area (Å²) in [6.45, 7) is 1.44. The van der Waals surface area contributed by atoms with E-state index in [2.05, 4.69) is 10.6 Å². The van der Waals surface area contributed by atoms with E-state index in [0.29, 0.717) is 0 Å². The van der Waals surface area contributed by atoms with Gasteiger partial charge in [0.1, 0.15) is 12.6 Å². The highest BCUT2D eigenvalue weighted by Crippen LogP contribution is 1.96. The first-order valence-corrected chi connectivity index (χ1v) is 5.55. The van der Waals surface area contributed by atoms with Gasteiger partial charge in [0.15, 0.2) is 0 Å². The molecule has 104 valence electrons. The number of carboxylic acid groups (broad SMARTS) is 1. The molecule has 8 nitrogen and oxygen atoms in total. The van der Waals surface area contributed by atoms with E-state index >= 15 is 0 Å². The molecule has 4 N–H and O–H groups in total. The Morgan fingerprint density at radius 2 is 1.94 bits per heavy atom. The van der Waals surface area contributed by atoms with Gasteiger partial charge in [-0.25, -0.2) is 9.59 Å². The van der Waals surface area contributed by atoms with Crippen molar-refractivity contribution < 1.29 is 24.6 Å². The van der Waals surface area contributed by atoms with Crippen molar-refractivity contribution in [3.05, 3.63) is 0 Å². The number of amides is 3. The molecule has 0 radical (unpaired) electrons. The van der Waals surface area contributed by atoms with E-state index in [0.717, 1.165) is 0 Å². The number of aliphatic hydroxyl groups excluding tert-OH is 1. The van der Waals surface area contributed by atoms with Crippen LogP contribution in [-0.4, -0.2) is 65.8 Å². The molecule has 18 heavy (non-hydrogen) atoms. The van der Waals surface area contributed by atoms with Crippen LogP contribution in [0.5, 0.6) is 0 Å². The Hall–Kier alpha value is -1.83. The van der Waals surface area contributed by atoms with Gasteiger partial charge in [0.25, 0.3) is 0 Å². The minimum atomic E-state index is -1.23. The lowest BCUT2D eigenvalue weighted by atomic mass is 10.2. The molecule has 0 fully saturated rings. The van der Waals surface area contributed by atoms with E-state index in [1.807, 2.05) is 0 Å². The number of nitrogens with one attached hydrogen (secondary N) is 2. The number of hydrogen-bond donors (Lipinski definition) is 4. The van der Waals surface area contributed by atoms with Gasteiger partial charge in [0.2, 0.25) is 5.91 Å². The fraction of sp³-hybridized carbons (Fsp3) is 0.700. The monoisotopic (exact) mass is 261 g/mol. The highest BCUT2D eigenvalue weighted by atomic mass is 16.4. The Balaban J connectivity index is 4.49. The van der Waals surface area contributed by atoms with Crippen LogP contribution in [0.4, 0.5) is 4.79 Å². The molecular formula is C10H19N3O5. The zero-order valence-corrected chi connectivity index (χ0v) is 10.5. The Bertz CT molecular complexity index is 308. The van der Waals surface area contributed by atoms with E-state index in [9.17, 15) is 14.4 Å². The van der Waals surface area contributed by atoms with Crippen molar-refractivity contribution in [2.75, 3.05) is 26.7 Å². The lowest BCUT2D eigenvalue weighted by molar-refractivity contribution is -0.139. The molecule has 0 aliphatic heterocycles. The predicted molar refractivity (Wildman–Crippen MR) is 63.0 cm³/mol. The van der Waals surface area contributed by atoms with Crippen LogP contribution >= 0.6 is 0 Å². The van der Waals surface area contributed by atoms with Crippen molar-refractivity contribution in [3.8, 4) is 0 Å². The van der Waals surface area contributed by atoms with Crippen LogP contribution < -0.4 is 10.6 Å². The molecule has 0 spiro atoms. The number of urea groups is 1. The molecule has 8 heteroatoms. The molecule has 0 unspecified atom stereocenters. The number of aliphatic hydroxyl groups is 1. The third-order valence-corrected chi connectivity index (χ3v) is 2.30. The maximum absolute atomic E-state index is 11.7. The molecule has 0 aliphatic carbocycles. The number of carbonyl (C=O) groups is 3. The summed E-state index contributed by atoms with van der Waals surface area (Å²) in [6.07, 6.45) is -0.0847. The molecule has 0 aromatic rings. The summed E-state index contributed by atoms with van der Waals surface area (Å²) in [7, 11) is 1.44.